The quantitative estimate of drug-likeness (QED) is 0.519. The smallest absolute Gasteiger partial charge is 0.224 e. The van der Waals surface area contributed by atoms with Gasteiger partial charge >= 0.3 is 0 Å². The molecule has 5 heteroatoms. The Labute approximate surface area is 51.1 Å². The maximum Gasteiger partial charge on any atom is 0.284 e. The van der Waals surface area contributed by atoms with Gasteiger partial charge in [0.15, 0.2) is 9.84 Å². The van der Waals surface area contributed by atoms with Gasteiger partial charge in [-0.2, -0.15) is 8.78 Å². The third-order valence-corrected chi connectivity index (χ3v) is 3.03. The first-order valence-electron chi connectivity index (χ1n) is 2.31. The molecule has 1 rings (SSSR count). The molecule has 1 heterocycles. The lowest BCUT2D eigenvalue weighted by Gasteiger charge is -2.14. The summed E-state index contributed by atoms with van der Waals surface area (Å²) in [4.78, 5) is -0.678. The van der Waals surface area contributed by atoms with Crippen LogP contribution >= 0.6 is 0 Å². The Hall–Kier alpha value is -0.450. The molecule has 0 unspecified atom stereocenters. The first-order chi connectivity index (χ1) is 4.04. The van der Waals surface area contributed by atoms with Gasteiger partial charge < -0.3 is 0 Å². The molecule has 0 aromatic rings. The Bertz CT molecular complexity index is 248. The molecule has 0 aromatic carbocycles. The number of halogens is 2. The summed E-state index contributed by atoms with van der Waals surface area (Å²) in [6, 6.07) is 0. The van der Waals surface area contributed by atoms with Crippen molar-refractivity contribution in [3.8, 4) is 0 Å². The average Bonchev–Trinajstić information content (AvgIpc) is 1.62. The van der Waals surface area contributed by atoms with Gasteiger partial charge in [0.1, 0.15) is 4.91 Å². The van der Waals surface area contributed by atoms with Crippen LogP contribution in [-0.4, -0.2) is 14.2 Å². The summed E-state index contributed by atoms with van der Waals surface area (Å²) in [7, 11) is -3.49. The fourth-order valence-electron chi connectivity index (χ4n) is 0.583. The molecule has 0 N–H and O–H groups in total. The predicted octanol–water partition coefficient (Wildman–Crippen LogP) is 0.913. The molecule has 0 spiro atoms. The Morgan fingerprint density at radius 1 is 1.44 bits per heavy atom. The number of rotatable bonds is 0. The van der Waals surface area contributed by atoms with Gasteiger partial charge in [0.25, 0.3) is 6.08 Å². The minimum atomic E-state index is -3.49. The highest BCUT2D eigenvalue weighted by atomic mass is 32.2. The maximum absolute atomic E-state index is 11.5. The molecule has 0 bridgehead atoms. The number of sulfone groups is 1. The maximum atomic E-state index is 11.5. The molecule has 0 aromatic heterocycles. The van der Waals surface area contributed by atoms with Crippen LogP contribution in [0.2, 0.25) is 0 Å². The molecule has 2 nitrogen and oxygen atoms in total. The number of allylic oxidation sites excluding steroid dienone is 1. The van der Waals surface area contributed by atoms with Gasteiger partial charge in [0.2, 0.25) is 0 Å². The molecule has 1 aliphatic heterocycles. The highest BCUT2D eigenvalue weighted by Gasteiger charge is 2.32. The van der Waals surface area contributed by atoms with Crippen molar-refractivity contribution in [2.75, 3.05) is 5.75 Å². The topological polar surface area (TPSA) is 34.1 Å². The van der Waals surface area contributed by atoms with Crippen LogP contribution in [0.25, 0.3) is 0 Å². The van der Waals surface area contributed by atoms with E-state index in [4.69, 9.17) is 0 Å². The first kappa shape index (κ1) is 6.67. The fourth-order valence-corrected chi connectivity index (χ4v) is 1.56. The third kappa shape index (κ3) is 0.962. The van der Waals surface area contributed by atoms with E-state index in [1.54, 1.807) is 0 Å². The summed E-state index contributed by atoms with van der Waals surface area (Å²) in [5, 5.41) is 0. The molecule has 0 saturated carbocycles. The van der Waals surface area contributed by atoms with Crippen LogP contribution in [0, 0.1) is 0 Å². The molecule has 1 aliphatic rings. The van der Waals surface area contributed by atoms with E-state index in [1.165, 1.54) is 0 Å². The van der Waals surface area contributed by atoms with Crippen molar-refractivity contribution < 1.29 is 17.2 Å². The van der Waals surface area contributed by atoms with Crippen molar-refractivity contribution in [3.05, 3.63) is 11.0 Å². The van der Waals surface area contributed by atoms with Gasteiger partial charge in [-0.3, -0.25) is 0 Å². The van der Waals surface area contributed by atoms with Crippen molar-refractivity contribution in [1.29, 1.82) is 0 Å². The fraction of sp³-hybridized carbons (Fsp3) is 0.500. The normalized spacial score (nSPS) is 23.1. The van der Waals surface area contributed by atoms with E-state index in [1.807, 2.05) is 0 Å². The second kappa shape index (κ2) is 1.76. The number of hydrogen-bond donors (Lipinski definition) is 0. The van der Waals surface area contributed by atoms with Crippen LogP contribution in [0.15, 0.2) is 11.0 Å². The Morgan fingerprint density at radius 3 is 2.00 bits per heavy atom. The molecular formula is C4H4F2O2S. The molecular weight excluding hydrogens is 150 g/mol. The zero-order chi connectivity index (χ0) is 7.07. The van der Waals surface area contributed by atoms with Gasteiger partial charge in [-0.05, 0) is 0 Å². The van der Waals surface area contributed by atoms with Gasteiger partial charge in [-0.15, -0.1) is 0 Å². The summed E-state index contributed by atoms with van der Waals surface area (Å²) in [6.07, 6.45) is -2.05. The van der Waals surface area contributed by atoms with E-state index in [0.717, 1.165) is 0 Å². The zero-order valence-electron chi connectivity index (χ0n) is 4.39. The van der Waals surface area contributed by atoms with Crippen LogP contribution in [0.4, 0.5) is 8.78 Å². The second-order valence-electron chi connectivity index (χ2n) is 1.75. The lowest BCUT2D eigenvalue weighted by Crippen LogP contribution is -2.21. The summed E-state index contributed by atoms with van der Waals surface area (Å²) < 4.78 is 43.6. The van der Waals surface area contributed by atoms with Crippen LogP contribution in [0.5, 0.6) is 0 Å². The van der Waals surface area contributed by atoms with E-state index in [9.17, 15) is 17.2 Å². The monoisotopic (exact) mass is 154 g/mol. The average molecular weight is 154 g/mol. The minimum Gasteiger partial charge on any atom is -0.224 e. The van der Waals surface area contributed by atoms with E-state index < -0.39 is 20.8 Å². The summed E-state index contributed by atoms with van der Waals surface area (Å²) >= 11 is 0. The van der Waals surface area contributed by atoms with E-state index in [-0.39, 0.29) is 12.2 Å². The third-order valence-electron chi connectivity index (χ3n) is 1.18. The molecule has 52 valence electrons. The predicted molar refractivity (Wildman–Crippen MR) is 27.6 cm³/mol. The molecule has 0 aliphatic carbocycles. The number of hydrogen-bond acceptors (Lipinski definition) is 2. The van der Waals surface area contributed by atoms with Crippen LogP contribution in [0.1, 0.15) is 6.42 Å². The summed E-state index contributed by atoms with van der Waals surface area (Å²) in [6.45, 7) is 0. The second-order valence-corrected chi connectivity index (χ2v) is 3.88. The molecule has 0 radical (unpaired) electrons. The SMILES string of the molecule is O=S1(=O)CCC1=C(F)F. The van der Waals surface area contributed by atoms with E-state index >= 15 is 0 Å². The Balaban J connectivity index is 3.05. The van der Waals surface area contributed by atoms with Crippen molar-refractivity contribution in [2.24, 2.45) is 0 Å². The van der Waals surface area contributed by atoms with Crippen LogP contribution < -0.4 is 0 Å². The van der Waals surface area contributed by atoms with Crippen molar-refractivity contribution in [3.63, 3.8) is 0 Å². The standard InChI is InChI=1S/C4H4F2O2S/c5-4(6)3-1-2-9(3,7)8/h1-2H2. The van der Waals surface area contributed by atoms with Crippen molar-refractivity contribution >= 4 is 9.84 Å². The molecule has 9 heavy (non-hydrogen) atoms. The largest absolute Gasteiger partial charge is 0.284 e. The van der Waals surface area contributed by atoms with Gasteiger partial charge in [0.05, 0.1) is 5.75 Å². The van der Waals surface area contributed by atoms with Gasteiger partial charge in [-0.25, -0.2) is 8.42 Å². The molecule has 1 fully saturated rings. The first-order valence-corrected chi connectivity index (χ1v) is 3.96. The Morgan fingerprint density at radius 2 is 2.00 bits per heavy atom. The molecule has 0 amide bonds. The summed E-state index contributed by atoms with van der Waals surface area (Å²) in [5.74, 6) is -0.125. The summed E-state index contributed by atoms with van der Waals surface area (Å²) in [5.41, 5.74) is 0. The van der Waals surface area contributed by atoms with Gasteiger partial charge in [-0.1, -0.05) is 0 Å². The van der Waals surface area contributed by atoms with Crippen molar-refractivity contribution in [1.82, 2.24) is 0 Å². The lowest BCUT2D eigenvalue weighted by molar-refractivity contribution is 0.411. The van der Waals surface area contributed by atoms with Crippen LogP contribution in [0.3, 0.4) is 0 Å². The van der Waals surface area contributed by atoms with Crippen LogP contribution in [-0.2, 0) is 9.84 Å². The van der Waals surface area contributed by atoms with E-state index in [0.29, 0.717) is 0 Å². The Kier molecular flexibility index (Phi) is 1.31. The molecule has 0 atom stereocenters. The van der Waals surface area contributed by atoms with Crippen molar-refractivity contribution in [2.45, 2.75) is 6.42 Å². The minimum absolute atomic E-state index is 0.00463. The van der Waals surface area contributed by atoms with E-state index in [2.05, 4.69) is 0 Å². The lowest BCUT2D eigenvalue weighted by atomic mass is 10.4. The zero-order valence-corrected chi connectivity index (χ0v) is 5.21. The molecule has 1 saturated heterocycles. The van der Waals surface area contributed by atoms with Gasteiger partial charge in [0, 0.05) is 6.42 Å². The highest BCUT2D eigenvalue weighted by molar-refractivity contribution is 7.96. The highest BCUT2D eigenvalue weighted by Crippen LogP contribution is 2.29.